The number of aryl methyl sites for hydroxylation is 1. The maximum Gasteiger partial charge on any atom is 0.176 e. The fourth-order valence-electron chi connectivity index (χ4n) is 6.17. The van der Waals surface area contributed by atoms with E-state index in [2.05, 4.69) is 5.16 Å². The second-order valence-corrected chi connectivity index (χ2v) is 12.0. The summed E-state index contributed by atoms with van der Waals surface area (Å²) in [4.78, 5) is 44.7. The Morgan fingerprint density at radius 2 is 1.78 bits per heavy atom. The quantitative estimate of drug-likeness (QED) is 0.334. The van der Waals surface area contributed by atoms with E-state index < -0.39 is 45.5 Å². The Balaban J connectivity index is 1.93. The van der Waals surface area contributed by atoms with E-state index >= 15 is 0 Å². The Labute approximate surface area is 211 Å². The summed E-state index contributed by atoms with van der Waals surface area (Å²) in [5.41, 5.74) is 1.04. The summed E-state index contributed by atoms with van der Waals surface area (Å²) in [6, 6.07) is 3.83. The summed E-state index contributed by atoms with van der Waals surface area (Å²) < 4.78 is 0. The average molecular weight is 494 g/mol. The van der Waals surface area contributed by atoms with Gasteiger partial charge in [0, 0.05) is 28.5 Å². The number of nitrogens with zero attached hydrogens (tertiary/aromatic N) is 1. The van der Waals surface area contributed by atoms with Crippen LogP contribution in [0, 0.1) is 23.7 Å². The summed E-state index contributed by atoms with van der Waals surface area (Å²) in [6.45, 7) is 14.2. The van der Waals surface area contributed by atoms with Crippen LogP contribution in [0.3, 0.4) is 0 Å². The van der Waals surface area contributed by atoms with Gasteiger partial charge in [-0.3, -0.25) is 14.4 Å². The number of aliphatic hydroxyl groups is 2. The summed E-state index contributed by atoms with van der Waals surface area (Å²) in [5.74, 6) is -2.50. The van der Waals surface area contributed by atoms with Crippen LogP contribution < -0.4 is 0 Å². The standard InChI is InChI=1S/C29H35NO6/c1-14-9-10-18(15(2)30-36-27(4,5)6)19-13-28(7)12-17-11-20(32)22(16(3)31)25(34)29(17,8)26(35)23(28)24(33)21(14)19/h9-10,17,33-34H,11-13H2,1-8H3/b30-15+/t17-,28-,29+/m1/s1. The van der Waals surface area contributed by atoms with Gasteiger partial charge in [0.1, 0.15) is 17.1 Å². The maximum absolute atomic E-state index is 14.1. The number of oxime groups is 1. The minimum atomic E-state index is -1.45. The van der Waals surface area contributed by atoms with Crippen molar-refractivity contribution in [2.75, 3.05) is 0 Å². The van der Waals surface area contributed by atoms with Crippen molar-refractivity contribution in [2.24, 2.45) is 21.9 Å². The van der Waals surface area contributed by atoms with Crippen LogP contribution in [0.15, 0.2) is 34.2 Å². The van der Waals surface area contributed by atoms with E-state index in [1.165, 1.54) is 6.92 Å². The Bertz CT molecular complexity index is 1310. The number of carbonyl (C=O) groups is 3. The molecule has 1 aromatic rings. The van der Waals surface area contributed by atoms with Crippen molar-refractivity contribution >= 4 is 28.8 Å². The third kappa shape index (κ3) is 3.71. The van der Waals surface area contributed by atoms with Gasteiger partial charge in [0.05, 0.1) is 16.7 Å². The first-order chi connectivity index (χ1) is 16.5. The number of ketones is 3. The second kappa shape index (κ2) is 8.15. The summed E-state index contributed by atoms with van der Waals surface area (Å²) >= 11 is 0. The molecule has 0 radical (unpaired) electrons. The topological polar surface area (TPSA) is 113 Å². The Morgan fingerprint density at radius 1 is 1.14 bits per heavy atom. The molecule has 1 aromatic carbocycles. The van der Waals surface area contributed by atoms with E-state index in [9.17, 15) is 24.6 Å². The average Bonchev–Trinajstić information content (AvgIpc) is 2.73. The normalized spacial score (nSPS) is 28.6. The summed E-state index contributed by atoms with van der Waals surface area (Å²) in [6.07, 6.45) is 0.854. The van der Waals surface area contributed by atoms with E-state index in [0.717, 1.165) is 16.7 Å². The van der Waals surface area contributed by atoms with Crippen LogP contribution in [0.25, 0.3) is 5.76 Å². The first kappa shape index (κ1) is 25.9. The SMILES string of the molecule is CC(=O)C1=C(O)[C@@]2(C)C(=O)C3=C(O)c4c(C)ccc(/C(C)=N/OC(C)(C)C)c4C[C@@]3(C)C[C@H]2CC1=O. The molecular weight excluding hydrogens is 458 g/mol. The molecule has 0 aromatic heterocycles. The van der Waals surface area contributed by atoms with Crippen LogP contribution >= 0.6 is 0 Å². The van der Waals surface area contributed by atoms with Gasteiger partial charge >= 0.3 is 0 Å². The molecule has 0 heterocycles. The second-order valence-electron chi connectivity index (χ2n) is 12.0. The van der Waals surface area contributed by atoms with E-state index in [-0.39, 0.29) is 23.3 Å². The molecular formula is C29H35NO6. The van der Waals surface area contributed by atoms with Gasteiger partial charge in [0.15, 0.2) is 17.3 Å². The zero-order valence-electron chi connectivity index (χ0n) is 22.3. The van der Waals surface area contributed by atoms with Crippen molar-refractivity contribution in [1.29, 1.82) is 0 Å². The molecule has 4 rings (SSSR count). The molecule has 1 saturated carbocycles. The van der Waals surface area contributed by atoms with Crippen LogP contribution in [0.4, 0.5) is 0 Å². The number of allylic oxidation sites excluding steroid dienone is 3. The number of carbonyl (C=O) groups excluding carboxylic acids is 3. The van der Waals surface area contributed by atoms with Crippen molar-refractivity contribution < 1.29 is 29.4 Å². The molecule has 0 unspecified atom stereocenters. The van der Waals surface area contributed by atoms with Gasteiger partial charge in [-0.2, -0.15) is 0 Å². The molecule has 7 heteroatoms. The van der Waals surface area contributed by atoms with Gasteiger partial charge in [-0.15, -0.1) is 0 Å². The molecule has 0 saturated heterocycles. The number of Topliss-reactive ketones (excluding diaryl/α,β-unsaturated/α-hetero) is 3. The predicted molar refractivity (Wildman–Crippen MR) is 137 cm³/mol. The molecule has 36 heavy (non-hydrogen) atoms. The third-order valence-electron chi connectivity index (χ3n) is 8.02. The van der Waals surface area contributed by atoms with E-state index in [4.69, 9.17) is 4.84 Å². The molecule has 192 valence electrons. The molecule has 3 aliphatic rings. The highest BCUT2D eigenvalue weighted by Crippen LogP contribution is 2.60. The fourth-order valence-corrected chi connectivity index (χ4v) is 6.17. The molecule has 3 atom stereocenters. The minimum absolute atomic E-state index is 0.00170. The smallest absolute Gasteiger partial charge is 0.176 e. The van der Waals surface area contributed by atoms with Gasteiger partial charge < -0.3 is 15.1 Å². The number of hydrogen-bond acceptors (Lipinski definition) is 7. The number of fused-ring (bicyclic) bond motifs is 3. The van der Waals surface area contributed by atoms with Gasteiger partial charge in [0.2, 0.25) is 0 Å². The van der Waals surface area contributed by atoms with Gasteiger partial charge in [-0.25, -0.2) is 0 Å². The lowest BCUT2D eigenvalue weighted by Gasteiger charge is -2.52. The van der Waals surface area contributed by atoms with Crippen LogP contribution in [0.2, 0.25) is 0 Å². The highest BCUT2D eigenvalue weighted by molar-refractivity contribution is 6.22. The highest BCUT2D eigenvalue weighted by Gasteiger charge is 2.61. The van der Waals surface area contributed by atoms with Crippen molar-refractivity contribution in [3.63, 3.8) is 0 Å². The van der Waals surface area contributed by atoms with Crippen molar-refractivity contribution in [3.05, 3.63) is 51.3 Å². The van der Waals surface area contributed by atoms with E-state index in [1.807, 2.05) is 53.7 Å². The lowest BCUT2D eigenvalue weighted by atomic mass is 9.49. The molecule has 0 spiro atoms. The Hall–Kier alpha value is -3.22. The van der Waals surface area contributed by atoms with Crippen molar-refractivity contribution in [2.45, 2.75) is 80.3 Å². The molecule has 0 aliphatic heterocycles. The number of rotatable bonds is 3. The largest absolute Gasteiger partial charge is 0.510 e. The van der Waals surface area contributed by atoms with E-state index in [0.29, 0.717) is 24.1 Å². The molecule has 2 N–H and O–H groups in total. The summed E-state index contributed by atoms with van der Waals surface area (Å²) in [7, 11) is 0. The van der Waals surface area contributed by atoms with Crippen LogP contribution in [0.5, 0.6) is 0 Å². The minimum Gasteiger partial charge on any atom is -0.510 e. The van der Waals surface area contributed by atoms with Crippen LogP contribution in [-0.4, -0.2) is 38.9 Å². The number of aliphatic hydroxyl groups excluding tert-OH is 2. The molecule has 7 nitrogen and oxygen atoms in total. The van der Waals surface area contributed by atoms with Gasteiger partial charge in [0.25, 0.3) is 0 Å². The zero-order chi connectivity index (χ0) is 27.0. The van der Waals surface area contributed by atoms with Crippen molar-refractivity contribution in [3.8, 4) is 0 Å². The molecule has 1 fully saturated rings. The van der Waals surface area contributed by atoms with Gasteiger partial charge in [-0.1, -0.05) is 24.2 Å². The first-order valence-electron chi connectivity index (χ1n) is 12.3. The Kier molecular flexibility index (Phi) is 5.85. The van der Waals surface area contributed by atoms with Crippen LogP contribution in [0.1, 0.15) is 83.6 Å². The number of hydrogen-bond donors (Lipinski definition) is 2. The van der Waals surface area contributed by atoms with Crippen LogP contribution in [-0.2, 0) is 25.6 Å². The number of benzene rings is 1. The lowest BCUT2D eigenvalue weighted by Crippen LogP contribution is -2.54. The fraction of sp³-hybridized carbons (Fsp3) is 0.517. The molecule has 0 amide bonds. The van der Waals surface area contributed by atoms with E-state index in [1.54, 1.807) is 6.92 Å². The highest BCUT2D eigenvalue weighted by atomic mass is 16.6. The predicted octanol–water partition coefficient (Wildman–Crippen LogP) is 5.33. The Morgan fingerprint density at radius 3 is 2.36 bits per heavy atom. The van der Waals surface area contributed by atoms with Gasteiger partial charge in [-0.05, 0) is 78.4 Å². The first-order valence-corrected chi connectivity index (χ1v) is 12.3. The monoisotopic (exact) mass is 493 g/mol. The lowest BCUT2D eigenvalue weighted by molar-refractivity contribution is -0.136. The third-order valence-corrected chi connectivity index (χ3v) is 8.02. The molecule has 0 bridgehead atoms. The van der Waals surface area contributed by atoms with Crippen molar-refractivity contribution in [1.82, 2.24) is 0 Å². The zero-order valence-corrected chi connectivity index (χ0v) is 22.3. The summed E-state index contributed by atoms with van der Waals surface area (Å²) in [5, 5.41) is 27.0. The maximum atomic E-state index is 14.1. The molecule has 3 aliphatic carbocycles.